The van der Waals surface area contributed by atoms with Gasteiger partial charge in [-0.05, 0) is 19.3 Å². The van der Waals surface area contributed by atoms with Crippen molar-refractivity contribution in [1.82, 2.24) is 9.84 Å². The molecule has 0 aromatic rings. The Morgan fingerprint density at radius 3 is 2.24 bits per heavy atom. The maximum Gasteiger partial charge on any atom is 0.235 e. The van der Waals surface area contributed by atoms with Gasteiger partial charge in [0.2, 0.25) is 15.9 Å². The average Bonchev–Trinajstić information content (AvgIpc) is 2.11. The van der Waals surface area contributed by atoms with Crippen LogP contribution in [-0.4, -0.2) is 31.5 Å². The van der Waals surface area contributed by atoms with Gasteiger partial charge in [0, 0.05) is 13.0 Å². The standard InChI is InChI=1S/C11H22N2O3S/c1-9(2)6-7-11(14)12-13(8-10(3)4)17(5,15)16/h10H,1,6-8H2,2-5H3,(H,12,14). The molecule has 0 aromatic heterocycles. The van der Waals surface area contributed by atoms with Crippen LogP contribution >= 0.6 is 0 Å². The van der Waals surface area contributed by atoms with Gasteiger partial charge in [-0.15, -0.1) is 11.0 Å². The molecule has 0 aliphatic heterocycles. The number of carbonyl (C=O) groups excluding carboxylic acids is 1. The molecule has 0 radical (unpaired) electrons. The molecule has 0 heterocycles. The first-order valence-electron chi connectivity index (χ1n) is 5.54. The van der Waals surface area contributed by atoms with Crippen LogP contribution in [0, 0.1) is 5.92 Å². The molecule has 1 N–H and O–H groups in total. The van der Waals surface area contributed by atoms with Gasteiger partial charge in [0.1, 0.15) is 0 Å². The van der Waals surface area contributed by atoms with Gasteiger partial charge >= 0.3 is 0 Å². The van der Waals surface area contributed by atoms with Gasteiger partial charge in [-0.1, -0.05) is 19.4 Å². The van der Waals surface area contributed by atoms with Crippen LogP contribution in [0.3, 0.4) is 0 Å². The minimum Gasteiger partial charge on any atom is -0.275 e. The number of hydrogen-bond donors (Lipinski definition) is 1. The third-order valence-corrected chi connectivity index (χ3v) is 3.00. The third kappa shape index (κ3) is 7.93. The average molecular weight is 262 g/mol. The Morgan fingerprint density at radius 1 is 1.35 bits per heavy atom. The lowest BCUT2D eigenvalue weighted by Gasteiger charge is -2.22. The Kier molecular flexibility index (Phi) is 6.41. The van der Waals surface area contributed by atoms with E-state index in [1.807, 2.05) is 20.8 Å². The highest BCUT2D eigenvalue weighted by Gasteiger charge is 2.19. The van der Waals surface area contributed by atoms with Crippen molar-refractivity contribution in [3.63, 3.8) is 0 Å². The van der Waals surface area contributed by atoms with Gasteiger partial charge in [0.25, 0.3) is 0 Å². The summed E-state index contributed by atoms with van der Waals surface area (Å²) in [5.41, 5.74) is 3.31. The lowest BCUT2D eigenvalue weighted by molar-refractivity contribution is -0.124. The number of rotatable bonds is 7. The first-order valence-corrected chi connectivity index (χ1v) is 7.39. The molecule has 0 fully saturated rings. The fourth-order valence-corrected chi connectivity index (χ4v) is 1.95. The van der Waals surface area contributed by atoms with E-state index >= 15 is 0 Å². The number of hydrazine groups is 1. The Morgan fingerprint density at radius 2 is 1.88 bits per heavy atom. The molecule has 0 aromatic carbocycles. The quantitative estimate of drug-likeness (QED) is 0.555. The Bertz CT molecular complexity index is 374. The first-order chi connectivity index (χ1) is 7.62. The van der Waals surface area contributed by atoms with Crippen molar-refractivity contribution in [2.45, 2.75) is 33.6 Å². The summed E-state index contributed by atoms with van der Waals surface area (Å²) in [4.78, 5) is 11.5. The molecule has 0 saturated heterocycles. The van der Waals surface area contributed by atoms with E-state index in [9.17, 15) is 13.2 Å². The smallest absolute Gasteiger partial charge is 0.235 e. The highest BCUT2D eigenvalue weighted by molar-refractivity contribution is 7.88. The largest absolute Gasteiger partial charge is 0.275 e. The van der Waals surface area contributed by atoms with Crippen LogP contribution in [0.2, 0.25) is 0 Å². The number of hydrogen-bond acceptors (Lipinski definition) is 3. The van der Waals surface area contributed by atoms with Crippen molar-refractivity contribution in [2.24, 2.45) is 5.92 Å². The van der Waals surface area contributed by atoms with Crippen LogP contribution in [0.1, 0.15) is 33.6 Å². The molecule has 5 nitrogen and oxygen atoms in total. The number of sulfonamides is 1. The monoisotopic (exact) mass is 262 g/mol. The molecule has 0 bridgehead atoms. The van der Waals surface area contributed by atoms with Crippen LogP contribution in [0.5, 0.6) is 0 Å². The van der Waals surface area contributed by atoms with Crippen molar-refractivity contribution in [3.05, 3.63) is 12.2 Å². The summed E-state index contributed by atoms with van der Waals surface area (Å²) in [5.74, 6) is -0.162. The summed E-state index contributed by atoms with van der Waals surface area (Å²) < 4.78 is 23.9. The number of allylic oxidation sites excluding steroid dienone is 1. The Labute approximate surface area is 104 Å². The van der Waals surface area contributed by atoms with Gasteiger partial charge in [-0.3, -0.25) is 10.2 Å². The van der Waals surface area contributed by atoms with Crippen LogP contribution in [0.4, 0.5) is 0 Å². The molecule has 1 amide bonds. The van der Waals surface area contributed by atoms with Crippen LogP contribution < -0.4 is 5.43 Å². The van der Waals surface area contributed by atoms with Crippen molar-refractivity contribution in [3.8, 4) is 0 Å². The highest BCUT2D eigenvalue weighted by Crippen LogP contribution is 2.04. The van der Waals surface area contributed by atoms with E-state index in [0.717, 1.165) is 16.2 Å². The van der Waals surface area contributed by atoms with Gasteiger partial charge < -0.3 is 0 Å². The summed E-state index contributed by atoms with van der Waals surface area (Å²) in [6, 6.07) is 0. The minimum absolute atomic E-state index is 0.145. The zero-order valence-corrected chi connectivity index (χ0v) is 11.8. The van der Waals surface area contributed by atoms with Gasteiger partial charge in [-0.2, -0.15) is 0 Å². The molecule has 6 heteroatoms. The predicted molar refractivity (Wildman–Crippen MR) is 68.6 cm³/mol. The van der Waals surface area contributed by atoms with E-state index < -0.39 is 10.0 Å². The molecule has 0 spiro atoms. The lowest BCUT2D eigenvalue weighted by atomic mass is 10.2. The summed E-state index contributed by atoms with van der Waals surface area (Å²) in [5, 5.41) is 0. The summed E-state index contributed by atoms with van der Waals surface area (Å²) in [7, 11) is -3.41. The van der Waals surface area contributed by atoms with Crippen molar-refractivity contribution < 1.29 is 13.2 Å². The number of nitrogens with zero attached hydrogens (tertiary/aromatic N) is 1. The molecular weight excluding hydrogens is 240 g/mol. The molecule has 0 saturated carbocycles. The molecule has 100 valence electrons. The second kappa shape index (κ2) is 6.76. The normalized spacial score (nSPS) is 11.9. The highest BCUT2D eigenvalue weighted by atomic mass is 32.2. The Balaban J connectivity index is 4.44. The SMILES string of the molecule is C=C(C)CCC(=O)NN(CC(C)C)S(C)(=O)=O. The van der Waals surface area contributed by atoms with Gasteiger partial charge in [0.05, 0.1) is 6.26 Å². The molecule has 0 unspecified atom stereocenters. The van der Waals surface area contributed by atoms with Gasteiger partial charge in [-0.25, -0.2) is 8.42 Å². The molecular formula is C11H22N2O3S. The van der Waals surface area contributed by atoms with Crippen molar-refractivity contribution in [2.75, 3.05) is 12.8 Å². The fraction of sp³-hybridized carbons (Fsp3) is 0.727. The maximum absolute atomic E-state index is 11.5. The van der Waals surface area contributed by atoms with E-state index in [4.69, 9.17) is 0 Å². The first kappa shape index (κ1) is 16.1. The number of amides is 1. The molecule has 17 heavy (non-hydrogen) atoms. The molecule has 0 rings (SSSR count). The molecule has 0 aliphatic carbocycles. The van der Waals surface area contributed by atoms with E-state index in [1.165, 1.54) is 0 Å². The summed E-state index contributed by atoms with van der Waals surface area (Å²) >= 11 is 0. The lowest BCUT2D eigenvalue weighted by Crippen LogP contribution is -2.47. The van der Waals surface area contributed by atoms with E-state index in [0.29, 0.717) is 6.42 Å². The topological polar surface area (TPSA) is 66.5 Å². The fourth-order valence-electron chi connectivity index (χ4n) is 1.12. The van der Waals surface area contributed by atoms with E-state index in [2.05, 4.69) is 12.0 Å². The number of carbonyl (C=O) groups is 1. The summed E-state index contributed by atoms with van der Waals surface area (Å²) in [6.45, 7) is 9.57. The zero-order valence-electron chi connectivity index (χ0n) is 11.0. The molecule has 0 aliphatic rings. The van der Waals surface area contributed by atoms with Crippen LogP contribution in [-0.2, 0) is 14.8 Å². The zero-order chi connectivity index (χ0) is 13.6. The second-order valence-corrected chi connectivity index (χ2v) is 6.59. The van der Waals surface area contributed by atoms with E-state index in [1.54, 1.807) is 0 Å². The maximum atomic E-state index is 11.5. The predicted octanol–water partition coefficient (Wildman–Crippen LogP) is 1.29. The third-order valence-electron chi connectivity index (χ3n) is 1.96. The minimum atomic E-state index is -3.41. The van der Waals surface area contributed by atoms with Gasteiger partial charge in [0.15, 0.2) is 0 Å². The van der Waals surface area contributed by atoms with E-state index in [-0.39, 0.29) is 24.8 Å². The number of nitrogens with one attached hydrogen (secondary N) is 1. The van der Waals surface area contributed by atoms with Crippen molar-refractivity contribution >= 4 is 15.9 Å². The van der Waals surface area contributed by atoms with Crippen LogP contribution in [0.25, 0.3) is 0 Å². The van der Waals surface area contributed by atoms with Crippen molar-refractivity contribution in [1.29, 1.82) is 0 Å². The Hall–Kier alpha value is -0.880. The second-order valence-electron chi connectivity index (χ2n) is 4.68. The van der Waals surface area contributed by atoms with Crippen LogP contribution in [0.15, 0.2) is 12.2 Å². The summed E-state index contributed by atoms with van der Waals surface area (Å²) in [6.07, 6.45) is 1.89. The molecule has 0 atom stereocenters.